The molecule has 0 radical (unpaired) electrons. The molecule has 0 fully saturated rings. The normalized spacial score (nSPS) is 13.1. The van der Waals surface area contributed by atoms with Crippen LogP contribution in [0.15, 0.2) is 12.3 Å². The smallest absolute Gasteiger partial charge is 0.106 e. The molecule has 3 N–H and O–H groups in total. The molecule has 2 aromatic rings. The van der Waals surface area contributed by atoms with Crippen molar-refractivity contribution in [1.29, 1.82) is 0 Å². The minimum Gasteiger partial charge on any atom is -0.308 e. The third-order valence-electron chi connectivity index (χ3n) is 3.37. The average Bonchev–Trinajstić information content (AvgIpc) is 2.93. The fourth-order valence-corrected chi connectivity index (χ4v) is 2.59. The summed E-state index contributed by atoms with van der Waals surface area (Å²) >= 11 is 6.32. The van der Waals surface area contributed by atoms with Crippen LogP contribution in [0.25, 0.3) is 0 Å². The van der Waals surface area contributed by atoms with Crippen molar-refractivity contribution in [2.75, 3.05) is 20.6 Å². The predicted molar refractivity (Wildman–Crippen MR) is 82.9 cm³/mol. The van der Waals surface area contributed by atoms with Crippen molar-refractivity contribution in [3.05, 3.63) is 34.4 Å². The number of hydrogen-bond donors (Lipinski definition) is 2. The molecule has 2 rings (SSSR count). The Morgan fingerprint density at radius 2 is 2.19 bits per heavy atom. The van der Waals surface area contributed by atoms with Gasteiger partial charge < -0.3 is 4.90 Å². The summed E-state index contributed by atoms with van der Waals surface area (Å²) in [5, 5.41) is 9.31. The van der Waals surface area contributed by atoms with Gasteiger partial charge in [-0.2, -0.15) is 10.2 Å². The van der Waals surface area contributed by atoms with E-state index < -0.39 is 0 Å². The van der Waals surface area contributed by atoms with Crippen molar-refractivity contribution in [2.45, 2.75) is 19.5 Å². The number of halogens is 1. The van der Waals surface area contributed by atoms with Crippen molar-refractivity contribution in [1.82, 2.24) is 29.9 Å². The molecule has 0 saturated carbocycles. The second-order valence-corrected chi connectivity index (χ2v) is 5.75. The van der Waals surface area contributed by atoms with Gasteiger partial charge in [-0.3, -0.25) is 15.2 Å². The molecule has 0 bridgehead atoms. The molecule has 0 aliphatic rings. The van der Waals surface area contributed by atoms with Gasteiger partial charge in [0, 0.05) is 13.6 Å². The number of hydrogen-bond acceptors (Lipinski definition) is 5. The van der Waals surface area contributed by atoms with Gasteiger partial charge in [0.1, 0.15) is 6.04 Å². The molecule has 1 unspecified atom stereocenters. The SMILES string of the molecule is Cc1cc(C(NN)c2c(Cl)cnn2CCN(C)C)n(C)n1. The van der Waals surface area contributed by atoms with E-state index >= 15 is 0 Å². The van der Waals surface area contributed by atoms with E-state index in [2.05, 4.69) is 20.5 Å². The van der Waals surface area contributed by atoms with Crippen molar-refractivity contribution < 1.29 is 0 Å². The van der Waals surface area contributed by atoms with Gasteiger partial charge in [-0.15, -0.1) is 0 Å². The highest BCUT2D eigenvalue weighted by Gasteiger charge is 2.24. The van der Waals surface area contributed by atoms with Crippen LogP contribution in [0.5, 0.6) is 0 Å². The Kier molecular flexibility index (Phi) is 5.00. The van der Waals surface area contributed by atoms with Gasteiger partial charge in [0.05, 0.1) is 34.8 Å². The number of hydrazine groups is 1. The summed E-state index contributed by atoms with van der Waals surface area (Å²) in [5.74, 6) is 5.77. The second kappa shape index (κ2) is 6.57. The summed E-state index contributed by atoms with van der Waals surface area (Å²) in [5.41, 5.74) is 5.56. The Hall–Kier alpha value is -1.41. The minimum atomic E-state index is -0.256. The first-order valence-corrected chi connectivity index (χ1v) is 7.14. The van der Waals surface area contributed by atoms with Crippen LogP contribution in [0.3, 0.4) is 0 Å². The quantitative estimate of drug-likeness (QED) is 0.606. The molecule has 8 heteroatoms. The lowest BCUT2D eigenvalue weighted by Crippen LogP contribution is -2.33. The van der Waals surface area contributed by atoms with Gasteiger partial charge in [-0.05, 0) is 27.1 Å². The van der Waals surface area contributed by atoms with E-state index in [4.69, 9.17) is 17.4 Å². The summed E-state index contributed by atoms with van der Waals surface area (Å²) in [7, 11) is 5.93. The van der Waals surface area contributed by atoms with Crippen LogP contribution in [0.2, 0.25) is 5.02 Å². The van der Waals surface area contributed by atoms with Crippen LogP contribution < -0.4 is 11.3 Å². The first-order valence-electron chi connectivity index (χ1n) is 6.76. The zero-order chi connectivity index (χ0) is 15.6. The molecule has 0 amide bonds. The molecule has 1 atom stereocenters. The highest BCUT2D eigenvalue weighted by Crippen LogP contribution is 2.28. The maximum absolute atomic E-state index is 6.32. The summed E-state index contributed by atoms with van der Waals surface area (Å²) in [4.78, 5) is 2.10. The number of nitrogens with one attached hydrogen (secondary N) is 1. The van der Waals surface area contributed by atoms with Crippen molar-refractivity contribution in [2.24, 2.45) is 12.9 Å². The molecule has 0 aliphatic heterocycles. The Bertz CT molecular complexity index is 602. The lowest BCUT2D eigenvalue weighted by atomic mass is 10.1. The van der Waals surface area contributed by atoms with E-state index in [1.165, 1.54) is 0 Å². The number of nitrogens with zero attached hydrogens (tertiary/aromatic N) is 5. The van der Waals surface area contributed by atoms with E-state index in [-0.39, 0.29) is 6.04 Å². The van der Waals surface area contributed by atoms with E-state index in [1.54, 1.807) is 10.9 Å². The largest absolute Gasteiger partial charge is 0.308 e. The highest BCUT2D eigenvalue weighted by molar-refractivity contribution is 6.31. The van der Waals surface area contributed by atoms with E-state index in [0.717, 1.165) is 30.2 Å². The van der Waals surface area contributed by atoms with Gasteiger partial charge in [0.25, 0.3) is 0 Å². The first kappa shape index (κ1) is 16.0. The summed E-state index contributed by atoms with van der Waals surface area (Å²) in [6.45, 7) is 3.55. The molecule has 0 spiro atoms. The summed E-state index contributed by atoms with van der Waals surface area (Å²) in [6.07, 6.45) is 1.65. The second-order valence-electron chi connectivity index (χ2n) is 5.34. The van der Waals surface area contributed by atoms with Gasteiger partial charge >= 0.3 is 0 Å². The maximum Gasteiger partial charge on any atom is 0.106 e. The lowest BCUT2D eigenvalue weighted by Gasteiger charge is -2.19. The number of aromatic nitrogens is 4. The average molecular weight is 312 g/mol. The van der Waals surface area contributed by atoms with Gasteiger partial charge in [-0.25, -0.2) is 5.43 Å². The van der Waals surface area contributed by atoms with E-state index in [9.17, 15) is 0 Å². The first-order chi connectivity index (χ1) is 9.93. The van der Waals surface area contributed by atoms with Gasteiger partial charge in [-0.1, -0.05) is 11.6 Å². The fourth-order valence-electron chi connectivity index (χ4n) is 2.34. The number of likely N-dealkylation sites (N-methyl/N-ethyl adjacent to an activating group) is 1. The van der Waals surface area contributed by atoms with Crippen LogP contribution in [-0.4, -0.2) is 45.1 Å². The van der Waals surface area contributed by atoms with E-state index in [0.29, 0.717) is 5.02 Å². The highest BCUT2D eigenvalue weighted by atomic mass is 35.5. The summed E-state index contributed by atoms with van der Waals surface area (Å²) < 4.78 is 3.69. The molecule has 2 heterocycles. The third-order valence-corrected chi connectivity index (χ3v) is 3.66. The van der Waals surface area contributed by atoms with Crippen LogP contribution in [0.1, 0.15) is 23.1 Å². The zero-order valence-corrected chi connectivity index (χ0v) is 13.6. The Morgan fingerprint density at radius 1 is 1.48 bits per heavy atom. The molecular formula is C13H22ClN7. The van der Waals surface area contributed by atoms with Gasteiger partial charge in [0.15, 0.2) is 0 Å². The summed E-state index contributed by atoms with van der Waals surface area (Å²) in [6, 6.07) is 1.73. The number of nitrogens with two attached hydrogens (primary N) is 1. The van der Waals surface area contributed by atoms with Gasteiger partial charge in [0.2, 0.25) is 0 Å². The predicted octanol–water partition coefficient (Wildman–Crippen LogP) is 0.693. The topological polar surface area (TPSA) is 76.9 Å². The third kappa shape index (κ3) is 3.44. The fraction of sp³-hybridized carbons (Fsp3) is 0.538. The monoisotopic (exact) mass is 311 g/mol. The van der Waals surface area contributed by atoms with Crippen molar-refractivity contribution >= 4 is 11.6 Å². The number of rotatable bonds is 6. The molecule has 7 nitrogen and oxygen atoms in total. The minimum absolute atomic E-state index is 0.256. The Morgan fingerprint density at radius 3 is 2.71 bits per heavy atom. The molecular weight excluding hydrogens is 290 g/mol. The van der Waals surface area contributed by atoms with Crippen LogP contribution in [-0.2, 0) is 13.6 Å². The molecule has 21 heavy (non-hydrogen) atoms. The standard InChI is InChI=1S/C13H22ClN7/c1-9-7-11(20(4)18-9)12(17-15)13-10(14)8-16-21(13)6-5-19(2)3/h7-8,12,17H,5-6,15H2,1-4H3. The zero-order valence-electron chi connectivity index (χ0n) is 12.8. The van der Waals surface area contributed by atoms with Crippen LogP contribution in [0, 0.1) is 6.92 Å². The molecule has 116 valence electrons. The van der Waals surface area contributed by atoms with E-state index in [1.807, 2.05) is 38.8 Å². The molecule has 2 aromatic heterocycles. The molecule has 0 aliphatic carbocycles. The lowest BCUT2D eigenvalue weighted by molar-refractivity contribution is 0.364. The Balaban J connectivity index is 2.38. The molecule has 0 saturated heterocycles. The van der Waals surface area contributed by atoms with Crippen molar-refractivity contribution in [3.8, 4) is 0 Å². The van der Waals surface area contributed by atoms with Crippen molar-refractivity contribution in [3.63, 3.8) is 0 Å². The molecule has 0 aromatic carbocycles. The maximum atomic E-state index is 6.32. The van der Waals surface area contributed by atoms with Crippen LogP contribution in [0.4, 0.5) is 0 Å². The Labute approximate surface area is 129 Å². The number of aryl methyl sites for hydroxylation is 2. The van der Waals surface area contributed by atoms with Crippen LogP contribution >= 0.6 is 11.6 Å².